The van der Waals surface area contributed by atoms with Crippen LogP contribution in [0.25, 0.3) is 0 Å². The molecule has 0 aromatic carbocycles. The maximum absolute atomic E-state index is 10.2. The predicted octanol–water partition coefficient (Wildman–Crippen LogP) is 5.77. The SMILES string of the molecule is C=[CH][Cd]1[CH2][CH2]1.CC(=O)O.CC(=O)O.CCCCCCCCCCCC(=O)O. The molecule has 1 saturated heterocycles. The third-order valence-corrected chi connectivity index (χ3v) is 10.3. The van der Waals surface area contributed by atoms with Crippen molar-refractivity contribution in [1.29, 1.82) is 0 Å². The zero-order chi connectivity index (χ0) is 21.5. The number of rotatable bonds is 11. The quantitative estimate of drug-likeness (QED) is 0.252. The number of unbranched alkanes of at least 4 members (excludes halogenated alkanes) is 8. The van der Waals surface area contributed by atoms with E-state index in [0.29, 0.717) is 6.42 Å². The molecule has 157 valence electrons. The Morgan fingerprint density at radius 3 is 1.37 bits per heavy atom. The van der Waals surface area contributed by atoms with Crippen molar-refractivity contribution in [3.63, 3.8) is 0 Å². The molecule has 0 aliphatic carbocycles. The van der Waals surface area contributed by atoms with E-state index in [1.165, 1.54) is 44.9 Å². The summed E-state index contributed by atoms with van der Waals surface area (Å²) in [6.07, 6.45) is 11.5. The molecule has 0 saturated carbocycles. The Labute approximate surface area is 173 Å². The van der Waals surface area contributed by atoms with Gasteiger partial charge in [0.1, 0.15) is 0 Å². The normalized spacial score (nSPS) is 10.7. The third kappa shape index (κ3) is 58.8. The molecule has 0 aromatic rings. The fourth-order valence-electron chi connectivity index (χ4n) is 2.02. The summed E-state index contributed by atoms with van der Waals surface area (Å²) in [4.78, 5) is 28.2. The van der Waals surface area contributed by atoms with Gasteiger partial charge in [-0.3, -0.25) is 14.4 Å². The summed E-state index contributed by atoms with van der Waals surface area (Å²) in [6, 6.07) is 0. The third-order valence-electron chi connectivity index (χ3n) is 3.66. The minimum absolute atomic E-state index is 0.343. The Morgan fingerprint density at radius 2 is 1.15 bits per heavy atom. The summed E-state index contributed by atoms with van der Waals surface area (Å²) in [7, 11) is 0. The number of hydrogen-bond donors (Lipinski definition) is 3. The van der Waals surface area contributed by atoms with E-state index in [2.05, 4.69) is 17.1 Å². The van der Waals surface area contributed by atoms with Crippen LogP contribution in [0.1, 0.15) is 85.0 Å². The molecule has 0 bridgehead atoms. The van der Waals surface area contributed by atoms with Crippen LogP contribution in [-0.4, -0.2) is 33.2 Å². The van der Waals surface area contributed by atoms with Crippen molar-refractivity contribution in [2.45, 2.75) is 92.9 Å². The first-order valence-electron chi connectivity index (χ1n) is 10.2. The molecule has 0 unspecified atom stereocenters. The molecular formula is C20H39CdO6. The van der Waals surface area contributed by atoms with E-state index in [4.69, 9.17) is 24.9 Å². The molecule has 6 nitrogen and oxygen atoms in total. The number of aliphatic carboxylic acids is 3. The number of carbonyl (C=O) groups is 3. The van der Waals surface area contributed by atoms with Crippen molar-refractivity contribution in [3.8, 4) is 0 Å². The van der Waals surface area contributed by atoms with Gasteiger partial charge < -0.3 is 15.3 Å². The largest absolute Gasteiger partial charge is 0.481 e. The van der Waals surface area contributed by atoms with E-state index >= 15 is 0 Å². The van der Waals surface area contributed by atoms with Gasteiger partial charge in [0, 0.05) is 20.3 Å². The van der Waals surface area contributed by atoms with Gasteiger partial charge >= 0.3 is 46.8 Å². The van der Waals surface area contributed by atoms with Crippen molar-refractivity contribution in [1.82, 2.24) is 0 Å². The number of carboxylic acids is 3. The van der Waals surface area contributed by atoms with Crippen LogP contribution in [-0.2, 0) is 37.1 Å². The summed E-state index contributed by atoms with van der Waals surface area (Å²) >= 11 is -0.764. The molecule has 1 heterocycles. The summed E-state index contributed by atoms with van der Waals surface area (Å²) in [5.41, 5.74) is 0. The van der Waals surface area contributed by atoms with Crippen LogP contribution in [0, 0.1) is 0 Å². The second-order valence-electron chi connectivity index (χ2n) is 6.94. The van der Waals surface area contributed by atoms with Crippen LogP contribution in [0.3, 0.4) is 0 Å². The van der Waals surface area contributed by atoms with Gasteiger partial charge in [-0.1, -0.05) is 58.3 Å². The molecule has 0 radical (unpaired) electrons. The monoisotopic (exact) mass is 489 g/mol. The maximum atomic E-state index is 10.2. The fourth-order valence-corrected chi connectivity index (χ4v) is 10.0. The summed E-state index contributed by atoms with van der Waals surface area (Å²) in [6.45, 7) is 8.12. The van der Waals surface area contributed by atoms with Crippen molar-refractivity contribution >= 4 is 17.9 Å². The van der Waals surface area contributed by atoms with Crippen LogP contribution >= 0.6 is 0 Å². The molecule has 7 heteroatoms. The van der Waals surface area contributed by atoms with E-state index in [1.54, 1.807) is 7.96 Å². The van der Waals surface area contributed by atoms with Crippen LogP contribution in [0.5, 0.6) is 0 Å². The van der Waals surface area contributed by atoms with E-state index < -0.39 is 40.6 Å². The first-order valence-corrected chi connectivity index (χ1v) is 18.2. The molecule has 3 N–H and O–H groups in total. The Bertz CT molecular complexity index is 361. The topological polar surface area (TPSA) is 112 Å². The first-order chi connectivity index (χ1) is 12.7. The van der Waals surface area contributed by atoms with E-state index in [-0.39, 0.29) is 0 Å². The zero-order valence-corrected chi connectivity index (χ0v) is 21.6. The standard InChI is InChI=1S/C12H24O2.2C2H4O2.C2H4.C2H3.Cd/c1-2-3-4-5-6-7-8-9-10-11-12(13)14;2*1-2(3)4;2*1-2;/h2-11H2,1H3,(H,13,14);2*1H3,(H,3,4);1-2H2;1H,2H2;. The maximum Gasteiger partial charge on any atom is 0.303 e. The van der Waals surface area contributed by atoms with Gasteiger partial charge in [-0.15, -0.1) is 0 Å². The smallest absolute Gasteiger partial charge is 0.303 e. The van der Waals surface area contributed by atoms with Crippen LogP contribution in [0.15, 0.2) is 10.2 Å². The fraction of sp³-hybridized carbons (Fsp3) is 0.750. The van der Waals surface area contributed by atoms with Crippen molar-refractivity contribution in [2.75, 3.05) is 0 Å². The van der Waals surface area contributed by atoms with E-state index in [1.807, 2.05) is 0 Å². The molecule has 0 spiro atoms. The number of hydrogen-bond acceptors (Lipinski definition) is 3. The Balaban J connectivity index is -0.000000357. The molecule has 0 amide bonds. The van der Waals surface area contributed by atoms with E-state index in [9.17, 15) is 4.79 Å². The first kappa shape index (κ1) is 30.8. The predicted molar refractivity (Wildman–Crippen MR) is 106 cm³/mol. The van der Waals surface area contributed by atoms with Gasteiger partial charge in [0.05, 0.1) is 0 Å². The van der Waals surface area contributed by atoms with Gasteiger partial charge in [0.2, 0.25) is 0 Å². The molecule has 1 aliphatic rings. The van der Waals surface area contributed by atoms with Crippen molar-refractivity contribution in [3.05, 3.63) is 10.2 Å². The number of carboxylic acid groups (broad SMARTS) is 3. The van der Waals surface area contributed by atoms with Gasteiger partial charge in [-0.2, -0.15) is 0 Å². The summed E-state index contributed by atoms with van der Waals surface area (Å²) in [5.74, 6) is -2.33. The minimum atomic E-state index is -0.833. The molecular weight excluding hydrogens is 449 g/mol. The molecule has 1 fully saturated rings. The molecule has 1 rings (SSSR count). The molecule has 27 heavy (non-hydrogen) atoms. The van der Waals surface area contributed by atoms with Gasteiger partial charge in [-0.25, -0.2) is 0 Å². The Morgan fingerprint density at radius 1 is 0.815 bits per heavy atom. The molecule has 0 aromatic heterocycles. The average molecular weight is 488 g/mol. The van der Waals surface area contributed by atoms with E-state index in [0.717, 1.165) is 26.7 Å². The van der Waals surface area contributed by atoms with Gasteiger partial charge in [0.15, 0.2) is 0 Å². The second kappa shape index (κ2) is 25.1. The Hall–Kier alpha value is -0.928. The second-order valence-corrected chi connectivity index (χ2v) is 17.9. The molecule has 0 atom stereocenters. The minimum Gasteiger partial charge on any atom is -0.481 e. The average Bonchev–Trinajstić information content (AvgIpc) is 3.37. The molecule has 1 aliphatic heterocycles. The van der Waals surface area contributed by atoms with Gasteiger partial charge in [0.25, 0.3) is 11.9 Å². The van der Waals surface area contributed by atoms with Crippen LogP contribution in [0.4, 0.5) is 0 Å². The van der Waals surface area contributed by atoms with Crippen LogP contribution in [0.2, 0.25) is 7.96 Å². The summed E-state index contributed by atoms with van der Waals surface area (Å²) < 4.78 is 5.48. The Kier molecular flexibility index (Phi) is 28.6. The van der Waals surface area contributed by atoms with Crippen LogP contribution < -0.4 is 0 Å². The van der Waals surface area contributed by atoms with Crippen molar-refractivity contribution < 1.29 is 52.4 Å². The summed E-state index contributed by atoms with van der Waals surface area (Å²) in [5, 5.41) is 23.2. The van der Waals surface area contributed by atoms with Crippen molar-refractivity contribution in [2.24, 2.45) is 0 Å². The van der Waals surface area contributed by atoms with Gasteiger partial charge in [-0.05, 0) is 6.42 Å². The zero-order valence-electron chi connectivity index (χ0n) is 17.5.